The Morgan fingerprint density at radius 2 is 1.94 bits per heavy atom. The van der Waals surface area contributed by atoms with E-state index in [4.69, 9.17) is 9.84 Å². The van der Waals surface area contributed by atoms with Gasteiger partial charge in [-0.1, -0.05) is 18.2 Å². The Morgan fingerprint density at radius 1 is 1.29 bits per heavy atom. The molecule has 0 saturated heterocycles. The third kappa shape index (κ3) is 4.76. The SMILES string of the molecule is O=C[C@H](O)C[C@H](O)COC(=O)c1ccccc1. The number of carbonyl (C=O) groups excluding carboxylic acids is 2. The highest BCUT2D eigenvalue weighted by molar-refractivity contribution is 5.89. The number of rotatable bonds is 6. The predicted molar refractivity (Wildman–Crippen MR) is 59.4 cm³/mol. The fourth-order valence-electron chi connectivity index (χ4n) is 1.23. The van der Waals surface area contributed by atoms with Crippen molar-refractivity contribution in [2.75, 3.05) is 6.61 Å². The van der Waals surface area contributed by atoms with Crippen molar-refractivity contribution in [3.8, 4) is 0 Å². The van der Waals surface area contributed by atoms with Gasteiger partial charge in [-0.25, -0.2) is 4.79 Å². The van der Waals surface area contributed by atoms with Crippen LogP contribution in [0.25, 0.3) is 0 Å². The highest BCUT2D eigenvalue weighted by Crippen LogP contribution is 2.03. The van der Waals surface area contributed by atoms with Gasteiger partial charge in [0.2, 0.25) is 0 Å². The summed E-state index contributed by atoms with van der Waals surface area (Å²) in [5.74, 6) is -0.551. The van der Waals surface area contributed by atoms with Crippen LogP contribution in [0.15, 0.2) is 30.3 Å². The number of hydrogen-bond acceptors (Lipinski definition) is 5. The van der Waals surface area contributed by atoms with Gasteiger partial charge in [-0.05, 0) is 12.1 Å². The quantitative estimate of drug-likeness (QED) is 0.544. The van der Waals surface area contributed by atoms with Crippen LogP contribution in [0.1, 0.15) is 16.8 Å². The van der Waals surface area contributed by atoms with Crippen LogP contribution in [0.3, 0.4) is 0 Å². The smallest absolute Gasteiger partial charge is 0.338 e. The molecule has 0 saturated carbocycles. The lowest BCUT2D eigenvalue weighted by Gasteiger charge is -2.12. The van der Waals surface area contributed by atoms with Crippen molar-refractivity contribution in [2.24, 2.45) is 0 Å². The van der Waals surface area contributed by atoms with Gasteiger partial charge < -0.3 is 19.7 Å². The maximum Gasteiger partial charge on any atom is 0.338 e. The van der Waals surface area contributed by atoms with Gasteiger partial charge in [0, 0.05) is 6.42 Å². The maximum absolute atomic E-state index is 11.4. The Morgan fingerprint density at radius 3 is 2.53 bits per heavy atom. The molecule has 0 fully saturated rings. The highest BCUT2D eigenvalue weighted by Gasteiger charge is 2.14. The van der Waals surface area contributed by atoms with E-state index in [-0.39, 0.29) is 13.0 Å². The van der Waals surface area contributed by atoms with Crippen LogP contribution < -0.4 is 0 Å². The number of carbonyl (C=O) groups is 2. The zero-order valence-corrected chi connectivity index (χ0v) is 9.15. The van der Waals surface area contributed by atoms with Crippen molar-refractivity contribution in [1.29, 1.82) is 0 Å². The van der Waals surface area contributed by atoms with E-state index in [1.807, 2.05) is 0 Å². The molecule has 1 aromatic carbocycles. The van der Waals surface area contributed by atoms with Crippen molar-refractivity contribution in [1.82, 2.24) is 0 Å². The number of benzene rings is 1. The maximum atomic E-state index is 11.4. The third-order valence-electron chi connectivity index (χ3n) is 2.09. The molecule has 0 aliphatic carbocycles. The summed E-state index contributed by atoms with van der Waals surface area (Å²) < 4.78 is 4.82. The summed E-state index contributed by atoms with van der Waals surface area (Å²) in [7, 11) is 0. The minimum Gasteiger partial charge on any atom is -0.459 e. The lowest BCUT2D eigenvalue weighted by molar-refractivity contribution is -0.116. The van der Waals surface area contributed by atoms with E-state index < -0.39 is 18.2 Å². The zero-order chi connectivity index (χ0) is 12.7. The van der Waals surface area contributed by atoms with E-state index >= 15 is 0 Å². The van der Waals surface area contributed by atoms with Gasteiger partial charge in [-0.3, -0.25) is 0 Å². The molecule has 2 N–H and O–H groups in total. The molecule has 0 aliphatic heterocycles. The molecule has 0 aliphatic rings. The molecule has 0 bridgehead atoms. The van der Waals surface area contributed by atoms with Crippen LogP contribution in [-0.2, 0) is 9.53 Å². The van der Waals surface area contributed by atoms with Crippen molar-refractivity contribution in [2.45, 2.75) is 18.6 Å². The normalized spacial score (nSPS) is 13.8. The van der Waals surface area contributed by atoms with Crippen LogP contribution in [0, 0.1) is 0 Å². The van der Waals surface area contributed by atoms with E-state index in [9.17, 15) is 14.7 Å². The summed E-state index contributed by atoms with van der Waals surface area (Å²) in [6.45, 7) is -0.251. The number of aldehydes is 1. The van der Waals surface area contributed by atoms with Crippen molar-refractivity contribution in [3.05, 3.63) is 35.9 Å². The monoisotopic (exact) mass is 238 g/mol. The van der Waals surface area contributed by atoms with Gasteiger partial charge in [0.1, 0.15) is 19.0 Å². The van der Waals surface area contributed by atoms with E-state index in [1.54, 1.807) is 30.3 Å². The second-order valence-electron chi connectivity index (χ2n) is 3.56. The molecule has 1 rings (SSSR count). The standard InChI is InChI=1S/C12H14O5/c13-7-10(14)6-11(15)8-17-12(16)9-4-2-1-3-5-9/h1-5,7,10-11,14-15H,6,8H2/t10-,11+/m1/s1. The summed E-state index contributed by atoms with van der Waals surface area (Å²) in [6, 6.07) is 8.35. The molecule has 0 aromatic heterocycles. The average molecular weight is 238 g/mol. The van der Waals surface area contributed by atoms with Crippen molar-refractivity contribution >= 4 is 12.3 Å². The molecular weight excluding hydrogens is 224 g/mol. The molecule has 0 spiro atoms. The number of aliphatic hydroxyl groups excluding tert-OH is 2. The van der Waals surface area contributed by atoms with Crippen LogP contribution in [0.4, 0.5) is 0 Å². The fourth-order valence-corrected chi connectivity index (χ4v) is 1.23. The molecule has 0 amide bonds. The Labute approximate surface area is 98.6 Å². The van der Waals surface area contributed by atoms with Crippen LogP contribution in [-0.4, -0.2) is 41.3 Å². The topological polar surface area (TPSA) is 83.8 Å². The first-order chi connectivity index (χ1) is 8.13. The molecule has 92 valence electrons. The van der Waals surface area contributed by atoms with Crippen LogP contribution >= 0.6 is 0 Å². The summed E-state index contributed by atoms with van der Waals surface area (Å²) in [5, 5.41) is 18.3. The minimum atomic E-state index is -1.24. The fraction of sp³-hybridized carbons (Fsp3) is 0.333. The molecule has 0 heterocycles. The number of esters is 1. The third-order valence-corrected chi connectivity index (χ3v) is 2.09. The summed E-state index contributed by atoms with van der Waals surface area (Å²) in [4.78, 5) is 21.6. The van der Waals surface area contributed by atoms with E-state index in [2.05, 4.69) is 0 Å². The molecule has 0 unspecified atom stereocenters. The second kappa shape index (κ2) is 6.78. The lowest BCUT2D eigenvalue weighted by Crippen LogP contribution is -2.24. The van der Waals surface area contributed by atoms with E-state index in [0.717, 1.165) is 0 Å². The first-order valence-corrected chi connectivity index (χ1v) is 5.17. The van der Waals surface area contributed by atoms with Crippen molar-refractivity contribution < 1.29 is 24.5 Å². The van der Waals surface area contributed by atoms with Crippen LogP contribution in [0.2, 0.25) is 0 Å². The molecule has 2 atom stereocenters. The van der Waals surface area contributed by atoms with E-state index in [1.165, 1.54) is 0 Å². The first kappa shape index (κ1) is 13.3. The van der Waals surface area contributed by atoms with Gasteiger partial charge in [0.15, 0.2) is 0 Å². The molecule has 5 heteroatoms. The van der Waals surface area contributed by atoms with Gasteiger partial charge in [0.25, 0.3) is 0 Å². The van der Waals surface area contributed by atoms with E-state index in [0.29, 0.717) is 11.8 Å². The number of hydrogen-bond donors (Lipinski definition) is 2. The Bertz CT molecular complexity index is 362. The van der Waals surface area contributed by atoms with Crippen LogP contribution in [0.5, 0.6) is 0 Å². The number of aliphatic hydroxyl groups is 2. The minimum absolute atomic E-state index is 0.147. The summed E-state index contributed by atoms with van der Waals surface area (Å²) in [5.41, 5.74) is 0.385. The van der Waals surface area contributed by atoms with Gasteiger partial charge in [-0.2, -0.15) is 0 Å². The first-order valence-electron chi connectivity index (χ1n) is 5.17. The van der Waals surface area contributed by atoms with Crippen molar-refractivity contribution in [3.63, 3.8) is 0 Å². The highest BCUT2D eigenvalue weighted by atomic mass is 16.5. The summed E-state index contributed by atoms with van der Waals surface area (Å²) >= 11 is 0. The zero-order valence-electron chi connectivity index (χ0n) is 9.15. The Hall–Kier alpha value is -1.72. The molecule has 0 radical (unpaired) electrons. The molecule has 17 heavy (non-hydrogen) atoms. The largest absolute Gasteiger partial charge is 0.459 e. The van der Waals surface area contributed by atoms with Gasteiger partial charge >= 0.3 is 5.97 Å². The summed E-state index contributed by atoms with van der Waals surface area (Å²) in [6.07, 6.45) is -2.11. The Balaban J connectivity index is 2.36. The number of ether oxygens (including phenoxy) is 1. The predicted octanol–water partition coefficient (Wildman–Crippen LogP) is 0.154. The van der Waals surface area contributed by atoms with Gasteiger partial charge in [-0.15, -0.1) is 0 Å². The average Bonchev–Trinajstić information content (AvgIpc) is 2.36. The van der Waals surface area contributed by atoms with Gasteiger partial charge in [0.05, 0.1) is 11.7 Å². The Kier molecular flexibility index (Phi) is 5.32. The molecule has 5 nitrogen and oxygen atoms in total. The molecule has 1 aromatic rings. The molecular formula is C12H14O5. The second-order valence-corrected chi connectivity index (χ2v) is 3.56. The lowest BCUT2D eigenvalue weighted by atomic mass is 10.2.